The van der Waals surface area contributed by atoms with Crippen LogP contribution in [-0.2, 0) is 9.53 Å². The first-order valence-electron chi connectivity index (χ1n) is 9.04. The summed E-state index contributed by atoms with van der Waals surface area (Å²) in [7, 11) is 1.73. The molecule has 26 heavy (non-hydrogen) atoms. The highest BCUT2D eigenvalue weighted by Crippen LogP contribution is 2.35. The van der Waals surface area contributed by atoms with Crippen molar-refractivity contribution in [1.82, 2.24) is 10.6 Å². The maximum absolute atomic E-state index is 12.4. The smallest absolute Gasteiger partial charge is 0.252 e. The highest BCUT2D eigenvalue weighted by Gasteiger charge is 2.39. The molecule has 2 amide bonds. The van der Waals surface area contributed by atoms with Gasteiger partial charge in [0.25, 0.3) is 5.91 Å². The number of amides is 2. The van der Waals surface area contributed by atoms with Crippen LogP contribution in [0.15, 0.2) is 22.7 Å². The molecule has 0 radical (unpaired) electrons. The van der Waals surface area contributed by atoms with Crippen LogP contribution >= 0.6 is 27.5 Å². The van der Waals surface area contributed by atoms with Crippen molar-refractivity contribution in [3.05, 3.63) is 33.3 Å². The molecule has 7 heteroatoms. The van der Waals surface area contributed by atoms with Crippen LogP contribution < -0.4 is 10.6 Å². The molecule has 1 saturated heterocycles. The number of halogens is 2. The molecule has 4 unspecified atom stereocenters. The van der Waals surface area contributed by atoms with Gasteiger partial charge in [0.15, 0.2) is 0 Å². The molecule has 0 aromatic heterocycles. The van der Waals surface area contributed by atoms with E-state index in [9.17, 15) is 9.59 Å². The standard InChI is InChI=1S/C19H24BrClN2O3/c1-26-14-4-2-11-8-12(18(24)23-17(11)10-14)6-7-22-19(25)15-9-13(20)3-5-16(15)21/h3,5,9,11-12,14,17H,2,4,6-8,10H2,1H3,(H,22,25)(H,23,24). The van der Waals surface area contributed by atoms with E-state index in [4.69, 9.17) is 16.3 Å². The van der Waals surface area contributed by atoms with Gasteiger partial charge >= 0.3 is 0 Å². The van der Waals surface area contributed by atoms with Crippen molar-refractivity contribution in [3.63, 3.8) is 0 Å². The Balaban J connectivity index is 1.50. The summed E-state index contributed by atoms with van der Waals surface area (Å²) in [4.78, 5) is 24.7. The minimum absolute atomic E-state index is 0.0476. The van der Waals surface area contributed by atoms with Gasteiger partial charge in [0.2, 0.25) is 5.91 Å². The molecule has 5 nitrogen and oxygen atoms in total. The van der Waals surface area contributed by atoms with E-state index in [2.05, 4.69) is 26.6 Å². The number of ether oxygens (including phenoxy) is 1. The third kappa shape index (κ3) is 4.59. The highest BCUT2D eigenvalue weighted by molar-refractivity contribution is 9.10. The summed E-state index contributed by atoms with van der Waals surface area (Å²) in [5.41, 5.74) is 0.437. The van der Waals surface area contributed by atoms with E-state index >= 15 is 0 Å². The van der Waals surface area contributed by atoms with Gasteiger partial charge in [0, 0.05) is 30.1 Å². The summed E-state index contributed by atoms with van der Waals surface area (Å²) in [5.74, 6) is 0.344. The van der Waals surface area contributed by atoms with Crippen LogP contribution in [0.4, 0.5) is 0 Å². The lowest BCUT2D eigenvalue weighted by Gasteiger charge is -2.41. The van der Waals surface area contributed by atoms with Crippen LogP contribution in [0.5, 0.6) is 0 Å². The number of rotatable bonds is 5. The topological polar surface area (TPSA) is 67.4 Å². The number of piperidine rings is 1. The molecule has 142 valence electrons. The molecule has 1 heterocycles. The van der Waals surface area contributed by atoms with Crippen LogP contribution in [0.1, 0.15) is 42.5 Å². The van der Waals surface area contributed by atoms with Crippen molar-refractivity contribution in [1.29, 1.82) is 0 Å². The molecule has 2 aliphatic rings. The lowest BCUT2D eigenvalue weighted by Crippen LogP contribution is -2.53. The largest absolute Gasteiger partial charge is 0.381 e. The minimum Gasteiger partial charge on any atom is -0.381 e. The van der Waals surface area contributed by atoms with Gasteiger partial charge in [-0.25, -0.2) is 0 Å². The SMILES string of the molecule is COC1CCC2CC(CCNC(=O)c3cc(Br)ccc3Cl)C(=O)NC2C1. The normalized spacial score (nSPS) is 28.2. The molecule has 1 aromatic carbocycles. The number of nitrogens with one attached hydrogen (secondary N) is 2. The fourth-order valence-electron chi connectivity index (χ4n) is 4.02. The van der Waals surface area contributed by atoms with Gasteiger partial charge in [-0.2, -0.15) is 0 Å². The zero-order chi connectivity index (χ0) is 18.7. The molecule has 1 aliphatic carbocycles. The van der Waals surface area contributed by atoms with Crippen molar-refractivity contribution < 1.29 is 14.3 Å². The molecule has 1 aliphatic heterocycles. The van der Waals surface area contributed by atoms with Gasteiger partial charge in [0.1, 0.15) is 0 Å². The number of hydrogen-bond acceptors (Lipinski definition) is 3. The Morgan fingerprint density at radius 1 is 1.38 bits per heavy atom. The zero-order valence-corrected chi connectivity index (χ0v) is 17.1. The average Bonchev–Trinajstić information content (AvgIpc) is 2.63. The van der Waals surface area contributed by atoms with E-state index in [1.807, 2.05) is 0 Å². The summed E-state index contributed by atoms with van der Waals surface area (Å²) in [6.07, 6.45) is 4.82. The Morgan fingerprint density at radius 3 is 2.96 bits per heavy atom. The Bertz CT molecular complexity index is 685. The first kappa shape index (κ1) is 19.6. The minimum atomic E-state index is -0.217. The third-order valence-electron chi connectivity index (χ3n) is 5.52. The van der Waals surface area contributed by atoms with Gasteiger partial charge in [-0.15, -0.1) is 0 Å². The van der Waals surface area contributed by atoms with Crippen LogP contribution in [0.2, 0.25) is 5.02 Å². The van der Waals surface area contributed by atoms with Crippen LogP contribution in [0, 0.1) is 11.8 Å². The average molecular weight is 444 g/mol. The second kappa shape index (κ2) is 8.72. The van der Waals surface area contributed by atoms with E-state index in [1.54, 1.807) is 25.3 Å². The quantitative estimate of drug-likeness (QED) is 0.731. The van der Waals surface area contributed by atoms with E-state index < -0.39 is 0 Å². The van der Waals surface area contributed by atoms with Crippen LogP contribution in [-0.4, -0.2) is 37.6 Å². The van der Waals surface area contributed by atoms with Crippen molar-refractivity contribution in [2.24, 2.45) is 11.8 Å². The number of carbonyl (C=O) groups excluding carboxylic acids is 2. The first-order chi connectivity index (χ1) is 12.5. The van der Waals surface area contributed by atoms with Gasteiger partial charge in [-0.1, -0.05) is 27.5 Å². The van der Waals surface area contributed by atoms with Gasteiger partial charge in [0.05, 0.1) is 16.7 Å². The zero-order valence-electron chi connectivity index (χ0n) is 14.8. The van der Waals surface area contributed by atoms with Crippen molar-refractivity contribution >= 4 is 39.3 Å². The second-order valence-electron chi connectivity index (χ2n) is 7.15. The van der Waals surface area contributed by atoms with E-state index in [0.29, 0.717) is 29.5 Å². The van der Waals surface area contributed by atoms with E-state index in [-0.39, 0.29) is 29.9 Å². The fraction of sp³-hybridized carbons (Fsp3) is 0.579. The number of methoxy groups -OCH3 is 1. The van der Waals surface area contributed by atoms with Crippen molar-refractivity contribution in [2.45, 2.75) is 44.2 Å². The van der Waals surface area contributed by atoms with Crippen LogP contribution in [0.25, 0.3) is 0 Å². The summed E-state index contributed by atoms with van der Waals surface area (Å²) in [6, 6.07) is 5.41. The number of fused-ring (bicyclic) bond motifs is 1. The second-order valence-corrected chi connectivity index (χ2v) is 8.47. The predicted molar refractivity (Wildman–Crippen MR) is 104 cm³/mol. The summed E-state index contributed by atoms with van der Waals surface area (Å²) in [5, 5.41) is 6.45. The summed E-state index contributed by atoms with van der Waals surface area (Å²) in [6.45, 7) is 0.456. The molecule has 2 N–H and O–H groups in total. The molecule has 3 rings (SSSR count). The Hall–Kier alpha value is -1.11. The third-order valence-corrected chi connectivity index (χ3v) is 6.34. The monoisotopic (exact) mass is 442 g/mol. The molecule has 1 aromatic rings. The molecule has 0 bridgehead atoms. The van der Waals surface area contributed by atoms with Gasteiger partial charge < -0.3 is 15.4 Å². The molecule has 0 spiro atoms. The summed E-state index contributed by atoms with van der Waals surface area (Å²) < 4.78 is 6.24. The molecule has 2 fully saturated rings. The maximum atomic E-state index is 12.4. The van der Waals surface area contributed by atoms with E-state index in [1.165, 1.54) is 0 Å². The highest BCUT2D eigenvalue weighted by atomic mass is 79.9. The first-order valence-corrected chi connectivity index (χ1v) is 10.2. The predicted octanol–water partition coefficient (Wildman–Crippen LogP) is 3.54. The number of carbonyl (C=O) groups is 2. The number of benzene rings is 1. The summed E-state index contributed by atoms with van der Waals surface area (Å²) >= 11 is 9.43. The lowest BCUT2D eigenvalue weighted by atomic mass is 9.74. The molecular formula is C19H24BrClN2O3. The number of hydrogen-bond donors (Lipinski definition) is 2. The molecule has 4 atom stereocenters. The Labute approximate surface area is 167 Å². The maximum Gasteiger partial charge on any atom is 0.252 e. The van der Waals surface area contributed by atoms with Crippen LogP contribution in [0.3, 0.4) is 0 Å². The fourth-order valence-corrected chi connectivity index (χ4v) is 4.58. The van der Waals surface area contributed by atoms with Crippen molar-refractivity contribution in [3.8, 4) is 0 Å². The Morgan fingerprint density at radius 2 is 2.19 bits per heavy atom. The lowest BCUT2D eigenvalue weighted by molar-refractivity contribution is -0.131. The molecule has 1 saturated carbocycles. The Kier molecular flexibility index (Phi) is 6.59. The van der Waals surface area contributed by atoms with Gasteiger partial charge in [-0.05, 0) is 56.2 Å². The molecular weight excluding hydrogens is 420 g/mol. The van der Waals surface area contributed by atoms with Gasteiger partial charge in [-0.3, -0.25) is 9.59 Å². The van der Waals surface area contributed by atoms with E-state index in [0.717, 1.165) is 30.2 Å². The van der Waals surface area contributed by atoms with Crippen molar-refractivity contribution in [2.75, 3.05) is 13.7 Å².